The number of hydrogen-bond donors (Lipinski definition) is 3. The summed E-state index contributed by atoms with van der Waals surface area (Å²) in [6.45, 7) is 0.167. The van der Waals surface area contributed by atoms with Crippen LogP contribution in [0.5, 0.6) is 0 Å². The van der Waals surface area contributed by atoms with E-state index in [0.29, 0.717) is 15.9 Å². The Morgan fingerprint density at radius 1 is 1.35 bits per heavy atom. The summed E-state index contributed by atoms with van der Waals surface area (Å²) in [7, 11) is 0. The molecule has 1 saturated carbocycles. The summed E-state index contributed by atoms with van der Waals surface area (Å²) in [6, 6.07) is 7.62. The lowest BCUT2D eigenvalue weighted by Crippen LogP contribution is -2.09. The fourth-order valence-electron chi connectivity index (χ4n) is 2.91. The Morgan fingerprint density at radius 2 is 2.13 bits per heavy atom. The number of carbonyl (C=O) groups is 1. The van der Waals surface area contributed by atoms with Crippen molar-refractivity contribution in [2.24, 2.45) is 0 Å². The van der Waals surface area contributed by atoms with Gasteiger partial charge in [-0.15, -0.1) is 11.3 Å². The fourth-order valence-corrected chi connectivity index (χ4v) is 4.50. The third kappa shape index (κ3) is 2.27. The van der Waals surface area contributed by atoms with Crippen LogP contribution in [-0.2, 0) is 5.41 Å². The Morgan fingerprint density at radius 3 is 2.78 bits per heavy atom. The van der Waals surface area contributed by atoms with E-state index in [1.807, 2.05) is 18.2 Å². The van der Waals surface area contributed by atoms with E-state index in [0.717, 1.165) is 23.3 Å². The van der Waals surface area contributed by atoms with E-state index in [1.54, 1.807) is 17.4 Å². The molecule has 1 fully saturated rings. The Balaban J connectivity index is 1.83. The van der Waals surface area contributed by atoms with Crippen LogP contribution in [0.15, 0.2) is 30.5 Å². The van der Waals surface area contributed by atoms with Gasteiger partial charge in [0.2, 0.25) is 0 Å². The molecule has 3 N–H and O–H groups in total. The Labute approximate surface area is 141 Å². The zero-order chi connectivity index (χ0) is 16.2. The molecule has 3 aromatic rings. The van der Waals surface area contributed by atoms with Crippen LogP contribution in [0.25, 0.3) is 21.3 Å². The second-order valence-corrected chi connectivity index (χ2v) is 7.48. The molecule has 2 heterocycles. The summed E-state index contributed by atoms with van der Waals surface area (Å²) < 4.78 is 0. The Bertz CT molecular complexity index is 923. The number of halogens is 1. The highest BCUT2D eigenvalue weighted by Gasteiger charge is 2.44. The topological polar surface area (TPSA) is 73.3 Å². The normalized spacial score (nSPS) is 15.9. The molecule has 4 nitrogen and oxygen atoms in total. The number of aromatic amines is 1. The van der Waals surface area contributed by atoms with Crippen molar-refractivity contribution in [3.63, 3.8) is 0 Å². The van der Waals surface area contributed by atoms with Crippen LogP contribution in [0.1, 0.15) is 28.1 Å². The van der Waals surface area contributed by atoms with E-state index in [9.17, 15) is 15.0 Å². The van der Waals surface area contributed by atoms with Gasteiger partial charge in [-0.2, -0.15) is 0 Å². The average molecular weight is 348 g/mol. The summed E-state index contributed by atoms with van der Waals surface area (Å²) in [5.41, 5.74) is 1.71. The standard InChI is InChI=1S/C17H14ClNO3S/c18-12-6-13-9(11(7-19-13)16(21)22)5-10(12)14-1-2-15(23-14)17(8-20)3-4-17/h1-2,5-7,19-20H,3-4,8H2,(H,21,22). The number of hydrogen-bond acceptors (Lipinski definition) is 3. The summed E-state index contributed by atoms with van der Waals surface area (Å²) in [4.78, 5) is 16.4. The van der Waals surface area contributed by atoms with E-state index in [1.165, 1.54) is 11.1 Å². The predicted octanol–water partition coefficient (Wildman–Crippen LogP) is 4.27. The summed E-state index contributed by atoms with van der Waals surface area (Å²) in [6.07, 6.45) is 3.51. The van der Waals surface area contributed by atoms with Gasteiger partial charge < -0.3 is 15.2 Å². The maximum absolute atomic E-state index is 11.3. The lowest BCUT2D eigenvalue weighted by Gasteiger charge is -2.08. The first-order valence-corrected chi connectivity index (χ1v) is 8.49. The molecule has 0 aliphatic heterocycles. The lowest BCUT2D eigenvalue weighted by atomic mass is 10.1. The number of thiophene rings is 1. The number of aromatic carboxylic acids is 1. The summed E-state index contributed by atoms with van der Waals surface area (Å²) in [5.74, 6) is -0.964. The van der Waals surface area contributed by atoms with E-state index in [4.69, 9.17) is 11.6 Å². The smallest absolute Gasteiger partial charge is 0.337 e. The summed E-state index contributed by atoms with van der Waals surface area (Å²) in [5, 5.41) is 20.1. The van der Waals surface area contributed by atoms with Gasteiger partial charge in [0, 0.05) is 37.8 Å². The lowest BCUT2D eigenvalue weighted by molar-refractivity contribution is 0.0699. The second-order valence-electron chi connectivity index (χ2n) is 5.99. The third-order valence-corrected chi connectivity index (χ3v) is 6.23. The van der Waals surface area contributed by atoms with Gasteiger partial charge in [-0.25, -0.2) is 4.79 Å². The van der Waals surface area contributed by atoms with Gasteiger partial charge in [0.15, 0.2) is 0 Å². The van der Waals surface area contributed by atoms with Gasteiger partial charge in [0.25, 0.3) is 0 Å². The van der Waals surface area contributed by atoms with Gasteiger partial charge in [0.05, 0.1) is 17.2 Å². The van der Waals surface area contributed by atoms with E-state index in [-0.39, 0.29) is 17.6 Å². The molecule has 1 aliphatic carbocycles. The van der Waals surface area contributed by atoms with Gasteiger partial charge in [0.1, 0.15) is 0 Å². The van der Waals surface area contributed by atoms with Crippen molar-refractivity contribution in [2.75, 3.05) is 6.61 Å². The van der Waals surface area contributed by atoms with Crippen LogP contribution in [0.2, 0.25) is 5.02 Å². The highest BCUT2D eigenvalue weighted by atomic mass is 35.5. The summed E-state index contributed by atoms with van der Waals surface area (Å²) >= 11 is 8.01. The monoisotopic (exact) mass is 347 g/mol. The molecule has 0 amide bonds. The molecule has 1 aromatic carbocycles. The van der Waals surface area contributed by atoms with Crippen LogP contribution in [0, 0.1) is 0 Å². The minimum absolute atomic E-state index is 0.0696. The van der Waals surface area contributed by atoms with Crippen LogP contribution in [0.3, 0.4) is 0 Å². The Hall–Kier alpha value is -1.82. The molecule has 4 rings (SSSR count). The molecule has 0 unspecified atom stereocenters. The van der Waals surface area contributed by atoms with Gasteiger partial charge in [-0.05, 0) is 37.1 Å². The van der Waals surface area contributed by atoms with E-state index < -0.39 is 5.97 Å². The molecular formula is C17H14ClNO3S. The first-order valence-electron chi connectivity index (χ1n) is 7.29. The molecule has 118 valence electrons. The number of carboxylic acid groups (broad SMARTS) is 1. The molecule has 2 aromatic heterocycles. The molecule has 0 bridgehead atoms. The van der Waals surface area contributed by atoms with Crippen molar-refractivity contribution in [3.8, 4) is 10.4 Å². The number of benzene rings is 1. The van der Waals surface area contributed by atoms with Gasteiger partial charge in [-0.3, -0.25) is 0 Å². The number of rotatable bonds is 4. The Kier molecular flexibility index (Phi) is 3.27. The highest BCUT2D eigenvalue weighted by Crippen LogP contribution is 2.51. The van der Waals surface area contributed by atoms with Crippen molar-refractivity contribution in [1.82, 2.24) is 4.98 Å². The molecule has 0 spiro atoms. The molecule has 6 heteroatoms. The SMILES string of the molecule is O=C(O)c1c[nH]c2cc(Cl)c(-c3ccc(C4(CO)CC4)s3)cc12. The molecule has 1 aliphatic rings. The molecule has 0 saturated heterocycles. The van der Waals surface area contributed by atoms with Crippen molar-refractivity contribution >= 4 is 39.8 Å². The quantitative estimate of drug-likeness (QED) is 0.659. The van der Waals surface area contributed by atoms with Crippen LogP contribution >= 0.6 is 22.9 Å². The number of aliphatic hydroxyl groups is 1. The number of carboxylic acids is 1. The van der Waals surface area contributed by atoms with Crippen LogP contribution < -0.4 is 0 Å². The zero-order valence-electron chi connectivity index (χ0n) is 12.1. The number of fused-ring (bicyclic) bond motifs is 1. The maximum Gasteiger partial charge on any atom is 0.337 e. The maximum atomic E-state index is 11.3. The molecule has 0 radical (unpaired) electrons. The average Bonchev–Trinajstić information content (AvgIpc) is 2.98. The highest BCUT2D eigenvalue weighted by molar-refractivity contribution is 7.15. The van der Waals surface area contributed by atoms with E-state index in [2.05, 4.69) is 4.98 Å². The molecular weight excluding hydrogens is 334 g/mol. The number of aliphatic hydroxyl groups excluding tert-OH is 1. The third-order valence-electron chi connectivity index (χ3n) is 4.55. The number of aromatic nitrogens is 1. The molecule has 0 atom stereocenters. The largest absolute Gasteiger partial charge is 0.478 e. The fraction of sp³-hybridized carbons (Fsp3) is 0.235. The number of nitrogens with one attached hydrogen (secondary N) is 1. The zero-order valence-corrected chi connectivity index (χ0v) is 13.7. The van der Waals surface area contributed by atoms with E-state index >= 15 is 0 Å². The minimum atomic E-state index is -0.964. The first-order chi connectivity index (χ1) is 11.0. The van der Waals surface area contributed by atoms with Gasteiger partial charge >= 0.3 is 5.97 Å². The van der Waals surface area contributed by atoms with Gasteiger partial charge in [-0.1, -0.05) is 11.6 Å². The number of H-pyrrole nitrogens is 1. The molecule has 23 heavy (non-hydrogen) atoms. The van der Waals surface area contributed by atoms with Crippen LogP contribution in [0.4, 0.5) is 0 Å². The minimum Gasteiger partial charge on any atom is -0.478 e. The van der Waals surface area contributed by atoms with Crippen molar-refractivity contribution in [1.29, 1.82) is 0 Å². The second kappa shape index (κ2) is 5.09. The predicted molar refractivity (Wildman–Crippen MR) is 91.6 cm³/mol. The van der Waals surface area contributed by atoms with Crippen molar-refractivity contribution in [3.05, 3.63) is 45.9 Å². The van der Waals surface area contributed by atoms with Crippen molar-refractivity contribution in [2.45, 2.75) is 18.3 Å². The van der Waals surface area contributed by atoms with Crippen LogP contribution in [-0.4, -0.2) is 27.8 Å². The van der Waals surface area contributed by atoms with Crippen molar-refractivity contribution < 1.29 is 15.0 Å². The first kappa shape index (κ1) is 14.8.